The van der Waals surface area contributed by atoms with Gasteiger partial charge >= 0.3 is 0 Å². The third kappa shape index (κ3) is 5.36. The van der Waals surface area contributed by atoms with Gasteiger partial charge in [0.15, 0.2) is 11.6 Å². The zero-order valence-electron chi connectivity index (χ0n) is 19.5. The van der Waals surface area contributed by atoms with Gasteiger partial charge in [0.05, 0.1) is 6.10 Å². The molecule has 0 aliphatic carbocycles. The summed E-state index contributed by atoms with van der Waals surface area (Å²) in [5, 5.41) is 12.9. The maximum Gasteiger partial charge on any atom is 0.267 e. The molecule has 1 unspecified atom stereocenters. The molecule has 11 nitrogen and oxygen atoms in total. The van der Waals surface area contributed by atoms with Crippen molar-refractivity contribution in [1.29, 1.82) is 0 Å². The van der Waals surface area contributed by atoms with Gasteiger partial charge in [-0.05, 0) is 31.0 Å². The number of aromatic nitrogens is 4. The van der Waals surface area contributed by atoms with Gasteiger partial charge in [-0.1, -0.05) is 0 Å². The molecule has 0 radical (unpaired) electrons. The minimum atomic E-state index is -0.269. The predicted molar refractivity (Wildman–Crippen MR) is 127 cm³/mol. The summed E-state index contributed by atoms with van der Waals surface area (Å²) in [7, 11) is 0. The fraction of sp³-hybridized carbons (Fsp3) is 0.609. The van der Waals surface area contributed by atoms with Crippen LogP contribution < -0.4 is 15.4 Å². The first-order valence-electron chi connectivity index (χ1n) is 12.1. The van der Waals surface area contributed by atoms with Crippen molar-refractivity contribution in [2.45, 2.75) is 25.5 Å². The number of carbonyl (C=O) groups excluding carboxylic acids is 1. The molecule has 3 aliphatic heterocycles. The lowest BCUT2D eigenvalue weighted by atomic mass is 10.2. The molecule has 11 heteroatoms. The number of nitrogens with zero attached hydrogens (tertiary/aromatic N) is 8. The van der Waals surface area contributed by atoms with Gasteiger partial charge in [-0.2, -0.15) is 5.10 Å². The Kier molecular flexibility index (Phi) is 7.00. The fourth-order valence-electron chi connectivity index (χ4n) is 4.81. The summed E-state index contributed by atoms with van der Waals surface area (Å²) in [6.45, 7) is 8.35. The molecular formula is C23H32N8O3. The van der Waals surface area contributed by atoms with Crippen molar-refractivity contribution in [1.82, 2.24) is 29.8 Å². The molecule has 3 fully saturated rings. The van der Waals surface area contributed by atoms with E-state index >= 15 is 0 Å². The van der Waals surface area contributed by atoms with Crippen LogP contribution in [0, 0.1) is 0 Å². The molecule has 2 aromatic rings. The summed E-state index contributed by atoms with van der Waals surface area (Å²) in [6, 6.07) is 7.04. The quantitative estimate of drug-likeness (QED) is 0.565. The number of ether oxygens (including phenoxy) is 1. The van der Waals surface area contributed by atoms with Crippen LogP contribution in [0.4, 0.5) is 11.6 Å². The smallest absolute Gasteiger partial charge is 0.267 e. The van der Waals surface area contributed by atoms with Gasteiger partial charge in [0.2, 0.25) is 5.91 Å². The summed E-state index contributed by atoms with van der Waals surface area (Å²) in [4.78, 5) is 33.1. The predicted octanol–water partition coefficient (Wildman–Crippen LogP) is -0.317. The monoisotopic (exact) mass is 468 g/mol. The van der Waals surface area contributed by atoms with E-state index in [9.17, 15) is 9.59 Å². The van der Waals surface area contributed by atoms with Gasteiger partial charge < -0.3 is 19.4 Å². The van der Waals surface area contributed by atoms with Crippen LogP contribution in [0.3, 0.4) is 0 Å². The maximum absolute atomic E-state index is 12.6. The highest BCUT2D eigenvalue weighted by molar-refractivity contribution is 5.76. The van der Waals surface area contributed by atoms with Crippen LogP contribution in [0.1, 0.15) is 12.8 Å². The largest absolute Gasteiger partial charge is 0.377 e. The van der Waals surface area contributed by atoms with Crippen LogP contribution in [0.25, 0.3) is 0 Å². The van der Waals surface area contributed by atoms with Crippen molar-refractivity contribution in [3.63, 3.8) is 0 Å². The Labute approximate surface area is 198 Å². The molecule has 2 aromatic heterocycles. The van der Waals surface area contributed by atoms with Crippen LogP contribution in [0.15, 0.2) is 35.3 Å². The molecule has 1 atom stereocenters. The zero-order valence-corrected chi connectivity index (χ0v) is 19.5. The molecule has 3 saturated heterocycles. The summed E-state index contributed by atoms with van der Waals surface area (Å²) < 4.78 is 6.96. The van der Waals surface area contributed by atoms with Crippen molar-refractivity contribution < 1.29 is 9.53 Å². The lowest BCUT2D eigenvalue weighted by molar-refractivity contribution is -0.132. The molecule has 3 aliphatic rings. The van der Waals surface area contributed by atoms with E-state index in [1.54, 1.807) is 11.0 Å². The Balaban J connectivity index is 1.09. The SMILES string of the molecule is O=C(Cn1ncccc1=O)N1CCN(c2ccc(N3CCN(CC4CCCO4)CC3)nn2)CC1. The Morgan fingerprint density at radius 3 is 2.21 bits per heavy atom. The highest BCUT2D eigenvalue weighted by Crippen LogP contribution is 2.19. The first-order chi connectivity index (χ1) is 16.7. The van der Waals surface area contributed by atoms with E-state index in [1.807, 2.05) is 12.1 Å². The van der Waals surface area contributed by atoms with Crippen LogP contribution in [-0.4, -0.2) is 107 Å². The van der Waals surface area contributed by atoms with E-state index in [2.05, 4.69) is 30.0 Å². The van der Waals surface area contributed by atoms with Crippen molar-refractivity contribution >= 4 is 17.5 Å². The Morgan fingerprint density at radius 1 is 0.941 bits per heavy atom. The van der Waals surface area contributed by atoms with E-state index < -0.39 is 0 Å². The van der Waals surface area contributed by atoms with Gasteiger partial charge in [-0.3, -0.25) is 14.5 Å². The third-order valence-electron chi connectivity index (χ3n) is 6.85. The summed E-state index contributed by atoms with van der Waals surface area (Å²) >= 11 is 0. The highest BCUT2D eigenvalue weighted by Gasteiger charge is 2.25. The van der Waals surface area contributed by atoms with Crippen LogP contribution in [0.5, 0.6) is 0 Å². The van der Waals surface area contributed by atoms with Crippen molar-refractivity contribution in [2.75, 3.05) is 75.3 Å². The van der Waals surface area contributed by atoms with Crippen molar-refractivity contribution in [2.24, 2.45) is 0 Å². The minimum Gasteiger partial charge on any atom is -0.377 e. The van der Waals surface area contributed by atoms with Crippen molar-refractivity contribution in [3.8, 4) is 0 Å². The second-order valence-electron chi connectivity index (χ2n) is 9.06. The number of amides is 1. The number of hydrogen-bond acceptors (Lipinski definition) is 9. The van der Waals surface area contributed by atoms with Gasteiger partial charge in [0, 0.05) is 77.8 Å². The van der Waals surface area contributed by atoms with Crippen LogP contribution in [0.2, 0.25) is 0 Å². The first kappa shape index (κ1) is 22.7. The average molecular weight is 469 g/mol. The van der Waals surface area contributed by atoms with Gasteiger partial charge in [0.25, 0.3) is 5.56 Å². The number of anilines is 2. The highest BCUT2D eigenvalue weighted by atomic mass is 16.5. The van der Waals surface area contributed by atoms with Gasteiger partial charge in [0.1, 0.15) is 6.54 Å². The van der Waals surface area contributed by atoms with E-state index in [4.69, 9.17) is 4.74 Å². The summed E-state index contributed by atoms with van der Waals surface area (Å²) in [5.74, 6) is 1.64. The fourth-order valence-corrected chi connectivity index (χ4v) is 4.81. The number of carbonyl (C=O) groups is 1. The Hall–Kier alpha value is -3.05. The van der Waals surface area contributed by atoms with E-state index in [0.29, 0.717) is 32.3 Å². The van der Waals surface area contributed by atoms with Crippen LogP contribution >= 0.6 is 0 Å². The average Bonchev–Trinajstić information content (AvgIpc) is 3.39. The van der Waals surface area contributed by atoms with Gasteiger partial charge in [-0.15, -0.1) is 10.2 Å². The lowest BCUT2D eigenvalue weighted by Crippen LogP contribution is -2.50. The van der Waals surface area contributed by atoms with Crippen molar-refractivity contribution in [3.05, 3.63) is 40.8 Å². The molecular weight excluding hydrogens is 436 g/mol. The minimum absolute atomic E-state index is 0.0326. The normalized spacial score (nSPS) is 21.8. The molecule has 0 aromatic carbocycles. The van der Waals surface area contributed by atoms with Crippen LogP contribution in [-0.2, 0) is 16.1 Å². The maximum atomic E-state index is 12.6. The molecule has 182 valence electrons. The topological polar surface area (TPSA) is 99.9 Å². The molecule has 1 amide bonds. The van der Waals surface area contributed by atoms with E-state index in [-0.39, 0.29) is 18.0 Å². The molecule has 0 saturated carbocycles. The first-order valence-corrected chi connectivity index (χ1v) is 12.1. The molecule has 0 bridgehead atoms. The zero-order chi connectivity index (χ0) is 23.3. The second kappa shape index (κ2) is 10.5. The number of rotatable bonds is 6. The summed E-state index contributed by atoms with van der Waals surface area (Å²) in [5.41, 5.74) is -0.269. The Bertz CT molecular complexity index is 1010. The number of piperazine rings is 2. The van der Waals surface area contributed by atoms with Gasteiger partial charge in [-0.25, -0.2) is 4.68 Å². The lowest BCUT2D eigenvalue weighted by Gasteiger charge is -2.37. The molecule has 5 heterocycles. The third-order valence-corrected chi connectivity index (χ3v) is 6.85. The standard InChI is InChI=1S/C23H32N8O3/c32-22-4-1-7-24-31(22)18-23(33)30-14-12-29(13-15-30)21-6-5-20(25-26-21)28-10-8-27(9-11-28)17-19-3-2-16-34-19/h1,4-7,19H,2-3,8-18H2. The Morgan fingerprint density at radius 2 is 1.62 bits per heavy atom. The van der Waals surface area contributed by atoms with E-state index in [0.717, 1.165) is 51.0 Å². The second-order valence-corrected chi connectivity index (χ2v) is 9.06. The molecule has 0 spiro atoms. The summed E-state index contributed by atoms with van der Waals surface area (Å²) in [6.07, 6.45) is 4.28. The van der Waals surface area contributed by atoms with E-state index in [1.165, 1.54) is 29.8 Å². The molecule has 0 N–H and O–H groups in total. The molecule has 34 heavy (non-hydrogen) atoms. The molecule has 5 rings (SSSR count). The number of hydrogen-bond donors (Lipinski definition) is 0.